The van der Waals surface area contributed by atoms with E-state index in [1.807, 2.05) is 0 Å². The first-order valence-corrected chi connectivity index (χ1v) is 7.60. The molecule has 5 heteroatoms. The predicted octanol–water partition coefficient (Wildman–Crippen LogP) is 3.97. The van der Waals surface area contributed by atoms with Gasteiger partial charge in [-0.3, -0.25) is 4.79 Å². The number of ether oxygens (including phenoxy) is 1. The van der Waals surface area contributed by atoms with Gasteiger partial charge in [0.2, 0.25) is 0 Å². The standard InChI is InChI=1S/C15H19Cl2NO2/c1-18(13-6-4-3-5-12(13)17)15(19)11-9-10(16)7-8-14(11)20-2/h7-9,12-13H,3-6H2,1-2H3. The van der Waals surface area contributed by atoms with Crippen LogP contribution in [0.4, 0.5) is 0 Å². The summed E-state index contributed by atoms with van der Waals surface area (Å²) in [4.78, 5) is 14.4. The Kier molecular flexibility index (Phi) is 5.17. The number of alkyl halides is 1. The molecule has 0 spiro atoms. The molecule has 0 bridgehead atoms. The highest BCUT2D eigenvalue weighted by atomic mass is 35.5. The van der Waals surface area contributed by atoms with Crippen molar-refractivity contribution >= 4 is 29.1 Å². The second-order valence-corrected chi connectivity index (χ2v) is 6.13. The lowest BCUT2D eigenvalue weighted by Gasteiger charge is -2.35. The Morgan fingerprint density at radius 3 is 2.70 bits per heavy atom. The lowest BCUT2D eigenvalue weighted by Crippen LogP contribution is -2.44. The molecule has 0 radical (unpaired) electrons. The third kappa shape index (κ3) is 3.21. The van der Waals surface area contributed by atoms with Gasteiger partial charge in [0.25, 0.3) is 5.91 Å². The summed E-state index contributed by atoms with van der Waals surface area (Å²) in [6.07, 6.45) is 4.14. The molecule has 0 N–H and O–H groups in total. The number of hydrogen-bond acceptors (Lipinski definition) is 2. The number of carbonyl (C=O) groups is 1. The van der Waals surface area contributed by atoms with Gasteiger partial charge in [-0.25, -0.2) is 0 Å². The van der Waals surface area contributed by atoms with E-state index in [1.165, 1.54) is 0 Å². The van der Waals surface area contributed by atoms with Crippen molar-refractivity contribution in [3.05, 3.63) is 28.8 Å². The average molecular weight is 316 g/mol. The Bertz CT molecular complexity index is 493. The van der Waals surface area contributed by atoms with Gasteiger partial charge in [0.1, 0.15) is 5.75 Å². The molecule has 3 nitrogen and oxygen atoms in total. The first kappa shape index (κ1) is 15.5. The van der Waals surface area contributed by atoms with E-state index in [0.717, 1.165) is 25.7 Å². The summed E-state index contributed by atoms with van der Waals surface area (Å²) < 4.78 is 5.25. The third-order valence-corrected chi connectivity index (χ3v) is 4.60. The zero-order chi connectivity index (χ0) is 14.7. The van der Waals surface area contributed by atoms with Crippen LogP contribution in [0, 0.1) is 0 Å². The number of methoxy groups -OCH3 is 1. The molecular weight excluding hydrogens is 297 g/mol. The highest BCUT2D eigenvalue weighted by molar-refractivity contribution is 6.31. The van der Waals surface area contributed by atoms with Gasteiger partial charge >= 0.3 is 0 Å². The molecule has 1 aliphatic carbocycles. The number of carbonyl (C=O) groups excluding carboxylic acids is 1. The Labute approximate surface area is 129 Å². The van der Waals surface area contributed by atoms with Crippen LogP contribution in [0.1, 0.15) is 36.0 Å². The van der Waals surface area contributed by atoms with E-state index in [2.05, 4.69) is 0 Å². The normalized spacial score (nSPS) is 22.4. The first-order valence-electron chi connectivity index (χ1n) is 6.79. The van der Waals surface area contributed by atoms with Gasteiger partial charge in [0.05, 0.1) is 18.1 Å². The molecular formula is C15H19Cl2NO2. The van der Waals surface area contributed by atoms with Crippen LogP contribution < -0.4 is 4.74 Å². The summed E-state index contributed by atoms with van der Waals surface area (Å²) in [5, 5.41) is 0.538. The molecule has 110 valence electrons. The van der Waals surface area contributed by atoms with Gasteiger partial charge in [0, 0.05) is 18.1 Å². The molecule has 2 atom stereocenters. The number of hydrogen-bond donors (Lipinski definition) is 0. The van der Waals surface area contributed by atoms with Gasteiger partial charge in [-0.1, -0.05) is 24.4 Å². The largest absolute Gasteiger partial charge is 0.496 e. The minimum atomic E-state index is -0.0955. The maximum absolute atomic E-state index is 12.7. The molecule has 0 aliphatic heterocycles. The fourth-order valence-corrected chi connectivity index (χ4v) is 3.31. The zero-order valence-corrected chi connectivity index (χ0v) is 13.2. The summed E-state index contributed by atoms with van der Waals surface area (Å²) >= 11 is 12.3. The van der Waals surface area contributed by atoms with Crippen molar-refractivity contribution in [3.8, 4) is 5.75 Å². The molecule has 1 saturated carbocycles. The molecule has 1 amide bonds. The topological polar surface area (TPSA) is 29.5 Å². The summed E-state index contributed by atoms with van der Waals surface area (Å²) in [5.41, 5.74) is 0.483. The summed E-state index contributed by atoms with van der Waals surface area (Å²) in [6.45, 7) is 0. The van der Waals surface area contributed by atoms with Gasteiger partial charge in [-0.2, -0.15) is 0 Å². The van der Waals surface area contributed by atoms with E-state index in [4.69, 9.17) is 27.9 Å². The van der Waals surface area contributed by atoms with E-state index < -0.39 is 0 Å². The van der Waals surface area contributed by atoms with Crippen LogP contribution in [0.3, 0.4) is 0 Å². The maximum Gasteiger partial charge on any atom is 0.257 e. The summed E-state index contributed by atoms with van der Waals surface area (Å²) in [7, 11) is 3.35. The lowest BCUT2D eigenvalue weighted by molar-refractivity contribution is 0.0697. The summed E-state index contributed by atoms with van der Waals surface area (Å²) in [5.74, 6) is 0.440. The van der Waals surface area contributed by atoms with Gasteiger partial charge in [-0.05, 0) is 31.0 Å². The highest BCUT2D eigenvalue weighted by Crippen LogP contribution is 2.30. The Balaban J connectivity index is 2.23. The smallest absolute Gasteiger partial charge is 0.257 e. The van der Waals surface area contributed by atoms with Crippen molar-refractivity contribution in [2.75, 3.05) is 14.2 Å². The van der Waals surface area contributed by atoms with Crippen LogP contribution in [-0.2, 0) is 0 Å². The van der Waals surface area contributed by atoms with E-state index >= 15 is 0 Å². The zero-order valence-electron chi connectivity index (χ0n) is 11.7. The first-order chi connectivity index (χ1) is 9.54. The van der Waals surface area contributed by atoms with Crippen LogP contribution in [0.15, 0.2) is 18.2 Å². The molecule has 1 fully saturated rings. The average Bonchev–Trinajstić information content (AvgIpc) is 2.46. The SMILES string of the molecule is COc1ccc(Cl)cc1C(=O)N(C)C1CCCCC1Cl. The number of nitrogens with zero attached hydrogens (tertiary/aromatic N) is 1. The molecule has 1 aromatic carbocycles. The molecule has 1 aliphatic rings. The van der Waals surface area contributed by atoms with E-state index in [0.29, 0.717) is 16.3 Å². The van der Waals surface area contributed by atoms with Crippen LogP contribution in [0.25, 0.3) is 0 Å². The van der Waals surface area contributed by atoms with Crippen molar-refractivity contribution in [1.82, 2.24) is 4.90 Å². The van der Waals surface area contributed by atoms with Crippen LogP contribution in [0.5, 0.6) is 5.75 Å². The van der Waals surface area contributed by atoms with E-state index in [-0.39, 0.29) is 17.3 Å². The van der Waals surface area contributed by atoms with Crippen molar-refractivity contribution < 1.29 is 9.53 Å². The minimum absolute atomic E-state index is 0.0166. The molecule has 0 saturated heterocycles. The minimum Gasteiger partial charge on any atom is -0.496 e. The third-order valence-electron chi connectivity index (χ3n) is 3.86. The number of rotatable bonds is 3. The second-order valence-electron chi connectivity index (χ2n) is 5.13. The molecule has 0 aromatic heterocycles. The molecule has 2 rings (SSSR count). The molecule has 1 aromatic rings. The van der Waals surface area contributed by atoms with Crippen molar-refractivity contribution in [2.24, 2.45) is 0 Å². The quantitative estimate of drug-likeness (QED) is 0.790. The van der Waals surface area contributed by atoms with Crippen molar-refractivity contribution in [2.45, 2.75) is 37.1 Å². The maximum atomic E-state index is 12.7. The summed E-state index contributed by atoms with van der Waals surface area (Å²) in [6, 6.07) is 5.14. The lowest BCUT2D eigenvalue weighted by atomic mass is 9.93. The molecule has 20 heavy (non-hydrogen) atoms. The van der Waals surface area contributed by atoms with Crippen molar-refractivity contribution in [1.29, 1.82) is 0 Å². The monoisotopic (exact) mass is 315 g/mol. The number of halogens is 2. The van der Waals surface area contributed by atoms with Gasteiger partial charge < -0.3 is 9.64 Å². The Morgan fingerprint density at radius 2 is 2.05 bits per heavy atom. The highest BCUT2D eigenvalue weighted by Gasteiger charge is 2.30. The number of amides is 1. The van der Waals surface area contributed by atoms with Crippen molar-refractivity contribution in [3.63, 3.8) is 0 Å². The fourth-order valence-electron chi connectivity index (χ4n) is 2.69. The van der Waals surface area contributed by atoms with Crippen LogP contribution >= 0.6 is 23.2 Å². The van der Waals surface area contributed by atoms with Crippen LogP contribution in [-0.4, -0.2) is 36.4 Å². The van der Waals surface area contributed by atoms with E-state index in [9.17, 15) is 4.79 Å². The van der Waals surface area contributed by atoms with Crippen LogP contribution in [0.2, 0.25) is 5.02 Å². The molecule has 0 heterocycles. The fraction of sp³-hybridized carbons (Fsp3) is 0.533. The van der Waals surface area contributed by atoms with E-state index in [1.54, 1.807) is 37.3 Å². The Hall–Kier alpha value is -0.930. The Morgan fingerprint density at radius 1 is 1.35 bits per heavy atom. The molecule has 2 unspecified atom stereocenters. The number of benzene rings is 1. The van der Waals surface area contributed by atoms with Gasteiger partial charge in [0.15, 0.2) is 0 Å². The second kappa shape index (κ2) is 6.68. The van der Waals surface area contributed by atoms with Gasteiger partial charge in [-0.15, -0.1) is 11.6 Å². The predicted molar refractivity (Wildman–Crippen MR) is 82.0 cm³/mol.